The Labute approximate surface area is 59.7 Å². The molecule has 0 amide bonds. The first-order chi connectivity index (χ1) is 4.63. The van der Waals surface area contributed by atoms with Crippen molar-refractivity contribution in [3.8, 4) is 0 Å². The van der Waals surface area contributed by atoms with Crippen molar-refractivity contribution in [3.63, 3.8) is 0 Å². The summed E-state index contributed by atoms with van der Waals surface area (Å²) in [5.74, 6) is -0.339. The molecule has 0 aliphatic rings. The van der Waals surface area contributed by atoms with E-state index >= 15 is 0 Å². The Bertz CT molecular complexity index is 99.9. The zero-order valence-electron chi connectivity index (χ0n) is 6.16. The quantitative estimate of drug-likeness (QED) is 0.344. The fourth-order valence-corrected chi connectivity index (χ4v) is 0.404. The van der Waals surface area contributed by atoms with Crippen LogP contribution in [0.3, 0.4) is 0 Å². The van der Waals surface area contributed by atoms with Crippen molar-refractivity contribution in [1.29, 1.82) is 0 Å². The van der Waals surface area contributed by atoms with Crippen molar-refractivity contribution in [3.05, 3.63) is 0 Å². The van der Waals surface area contributed by atoms with E-state index in [0.717, 1.165) is 0 Å². The minimum Gasteiger partial charge on any atom is -0.463 e. The highest BCUT2D eigenvalue weighted by molar-refractivity contribution is 5.65. The third-order valence-electron chi connectivity index (χ3n) is 0.748. The number of hydrogen-bond donors (Lipinski definition) is 1. The first-order valence-electron chi connectivity index (χ1n) is 3.06. The fourth-order valence-electron chi connectivity index (χ4n) is 0.404. The molecular weight excluding hydrogens is 136 g/mol. The van der Waals surface area contributed by atoms with Gasteiger partial charge in [-0.25, -0.2) is 0 Å². The standard InChI is InChI=1S/C6H12O4/c1-5(7)9-3-4-10-6(2)8/h5,7H,3-4H2,1-2H3. The highest BCUT2D eigenvalue weighted by Gasteiger charge is 1.95. The zero-order valence-corrected chi connectivity index (χ0v) is 6.16. The van der Waals surface area contributed by atoms with E-state index in [9.17, 15) is 4.79 Å². The van der Waals surface area contributed by atoms with E-state index in [1.165, 1.54) is 13.8 Å². The van der Waals surface area contributed by atoms with Gasteiger partial charge in [-0.1, -0.05) is 0 Å². The van der Waals surface area contributed by atoms with Crippen molar-refractivity contribution in [2.24, 2.45) is 0 Å². The van der Waals surface area contributed by atoms with Gasteiger partial charge in [0.2, 0.25) is 0 Å². The van der Waals surface area contributed by atoms with Crippen molar-refractivity contribution >= 4 is 5.97 Å². The second kappa shape index (κ2) is 5.20. The summed E-state index contributed by atoms with van der Waals surface area (Å²) in [5.41, 5.74) is 0. The lowest BCUT2D eigenvalue weighted by molar-refractivity contribution is -0.147. The van der Waals surface area contributed by atoms with E-state index in [-0.39, 0.29) is 19.2 Å². The van der Waals surface area contributed by atoms with Crippen LogP contribution in [0.15, 0.2) is 0 Å². The number of carbonyl (C=O) groups is 1. The molecular formula is C6H12O4. The van der Waals surface area contributed by atoms with Gasteiger partial charge < -0.3 is 14.6 Å². The fraction of sp³-hybridized carbons (Fsp3) is 0.833. The van der Waals surface area contributed by atoms with Crippen molar-refractivity contribution in [2.75, 3.05) is 13.2 Å². The summed E-state index contributed by atoms with van der Waals surface area (Å²) in [4.78, 5) is 10.1. The van der Waals surface area contributed by atoms with Gasteiger partial charge in [0, 0.05) is 6.92 Å². The zero-order chi connectivity index (χ0) is 7.98. The maximum Gasteiger partial charge on any atom is 0.302 e. The number of aliphatic hydroxyl groups excluding tert-OH is 1. The second-order valence-corrected chi connectivity index (χ2v) is 1.81. The van der Waals surface area contributed by atoms with Crippen molar-refractivity contribution in [2.45, 2.75) is 20.1 Å². The van der Waals surface area contributed by atoms with Gasteiger partial charge in [-0.2, -0.15) is 0 Å². The molecule has 1 N–H and O–H groups in total. The molecule has 0 aromatic rings. The molecule has 0 bridgehead atoms. The lowest BCUT2D eigenvalue weighted by Crippen LogP contribution is -2.13. The molecule has 4 heteroatoms. The molecule has 0 saturated heterocycles. The molecule has 0 aliphatic carbocycles. The molecule has 0 aromatic carbocycles. The first kappa shape index (κ1) is 9.39. The molecule has 0 aliphatic heterocycles. The average molecular weight is 148 g/mol. The summed E-state index contributed by atoms with van der Waals surface area (Å²) in [5, 5.41) is 8.55. The molecule has 4 nitrogen and oxygen atoms in total. The SMILES string of the molecule is CC(=O)OCCOC(C)O. The van der Waals surface area contributed by atoms with E-state index < -0.39 is 6.29 Å². The summed E-state index contributed by atoms with van der Waals surface area (Å²) in [6.45, 7) is 3.24. The second-order valence-electron chi connectivity index (χ2n) is 1.81. The summed E-state index contributed by atoms with van der Waals surface area (Å²) < 4.78 is 9.19. The molecule has 0 saturated carbocycles. The molecule has 0 fully saturated rings. The molecule has 0 rings (SSSR count). The summed E-state index contributed by atoms with van der Waals surface area (Å²) in [6, 6.07) is 0. The van der Waals surface area contributed by atoms with Gasteiger partial charge in [-0.05, 0) is 6.92 Å². The van der Waals surface area contributed by atoms with Crippen LogP contribution in [0.4, 0.5) is 0 Å². The minimum atomic E-state index is -0.796. The Morgan fingerprint density at radius 3 is 2.60 bits per heavy atom. The number of hydrogen-bond acceptors (Lipinski definition) is 4. The maximum atomic E-state index is 10.1. The smallest absolute Gasteiger partial charge is 0.302 e. The number of carbonyl (C=O) groups excluding carboxylic acids is 1. The van der Waals surface area contributed by atoms with Crippen LogP contribution in [0, 0.1) is 0 Å². The van der Waals surface area contributed by atoms with Crippen LogP contribution >= 0.6 is 0 Å². The minimum absolute atomic E-state index is 0.195. The number of esters is 1. The highest BCUT2D eigenvalue weighted by Crippen LogP contribution is 1.84. The lowest BCUT2D eigenvalue weighted by Gasteiger charge is -2.05. The lowest BCUT2D eigenvalue weighted by atomic mass is 10.7. The molecule has 1 unspecified atom stereocenters. The molecule has 0 aromatic heterocycles. The van der Waals surface area contributed by atoms with Crippen molar-refractivity contribution < 1.29 is 19.4 Å². The van der Waals surface area contributed by atoms with Gasteiger partial charge in [-0.3, -0.25) is 4.79 Å². The highest BCUT2D eigenvalue weighted by atomic mass is 16.6. The predicted octanol–water partition coefficient (Wildman–Crippen LogP) is -0.0956. The normalized spacial score (nSPS) is 12.7. The Hall–Kier alpha value is -0.610. The Kier molecular flexibility index (Phi) is 4.88. The van der Waals surface area contributed by atoms with Gasteiger partial charge in [-0.15, -0.1) is 0 Å². The molecule has 0 radical (unpaired) electrons. The van der Waals surface area contributed by atoms with Crippen LogP contribution in [-0.4, -0.2) is 30.6 Å². The molecule has 0 heterocycles. The van der Waals surface area contributed by atoms with Crippen LogP contribution in [0.2, 0.25) is 0 Å². The van der Waals surface area contributed by atoms with Gasteiger partial charge in [0.05, 0.1) is 6.61 Å². The van der Waals surface area contributed by atoms with E-state index in [0.29, 0.717) is 0 Å². The third-order valence-corrected chi connectivity index (χ3v) is 0.748. The Morgan fingerprint density at radius 2 is 2.20 bits per heavy atom. The summed E-state index contributed by atoms with van der Waals surface area (Å²) in [7, 11) is 0. The van der Waals surface area contributed by atoms with E-state index in [4.69, 9.17) is 5.11 Å². The first-order valence-corrected chi connectivity index (χ1v) is 3.06. The van der Waals surface area contributed by atoms with Gasteiger partial charge in [0.1, 0.15) is 6.61 Å². The summed E-state index contributed by atoms with van der Waals surface area (Å²) in [6.07, 6.45) is -0.796. The van der Waals surface area contributed by atoms with Crippen LogP contribution in [0.5, 0.6) is 0 Å². The average Bonchev–Trinajstić information content (AvgIpc) is 1.79. The van der Waals surface area contributed by atoms with Crippen LogP contribution in [0.25, 0.3) is 0 Å². The van der Waals surface area contributed by atoms with Gasteiger partial charge >= 0.3 is 5.97 Å². The monoisotopic (exact) mass is 148 g/mol. The third kappa shape index (κ3) is 7.39. The molecule has 10 heavy (non-hydrogen) atoms. The Morgan fingerprint density at radius 1 is 1.60 bits per heavy atom. The van der Waals surface area contributed by atoms with Gasteiger partial charge in [0.15, 0.2) is 6.29 Å². The number of aliphatic hydroxyl groups is 1. The van der Waals surface area contributed by atoms with E-state index in [1.807, 2.05) is 0 Å². The Balaban J connectivity index is 2.98. The van der Waals surface area contributed by atoms with E-state index in [1.54, 1.807) is 0 Å². The van der Waals surface area contributed by atoms with Crippen LogP contribution < -0.4 is 0 Å². The molecule has 0 spiro atoms. The topological polar surface area (TPSA) is 55.8 Å². The van der Waals surface area contributed by atoms with Crippen LogP contribution in [0.1, 0.15) is 13.8 Å². The molecule has 60 valence electrons. The number of rotatable bonds is 4. The van der Waals surface area contributed by atoms with Crippen LogP contribution in [-0.2, 0) is 14.3 Å². The molecule has 1 atom stereocenters. The largest absolute Gasteiger partial charge is 0.463 e. The maximum absolute atomic E-state index is 10.1. The predicted molar refractivity (Wildman–Crippen MR) is 34.3 cm³/mol. The van der Waals surface area contributed by atoms with Crippen molar-refractivity contribution in [1.82, 2.24) is 0 Å². The van der Waals surface area contributed by atoms with E-state index in [2.05, 4.69) is 9.47 Å². The summed E-state index contributed by atoms with van der Waals surface area (Å²) >= 11 is 0. The number of ether oxygens (including phenoxy) is 2. The van der Waals surface area contributed by atoms with Gasteiger partial charge in [0.25, 0.3) is 0 Å².